The van der Waals surface area contributed by atoms with Crippen molar-refractivity contribution < 1.29 is 14.0 Å². The lowest BCUT2D eigenvalue weighted by Crippen LogP contribution is -2.27. The van der Waals surface area contributed by atoms with E-state index in [9.17, 15) is 14.0 Å². The number of hydrogen-bond donors (Lipinski definition) is 2. The fourth-order valence-corrected chi connectivity index (χ4v) is 2.76. The van der Waals surface area contributed by atoms with Crippen molar-refractivity contribution in [3.05, 3.63) is 82.9 Å². The third-order valence-corrected chi connectivity index (χ3v) is 4.27. The highest BCUT2D eigenvalue weighted by Gasteiger charge is 2.11. The summed E-state index contributed by atoms with van der Waals surface area (Å²) in [5.41, 5.74) is 2.70. The van der Waals surface area contributed by atoms with E-state index in [0.717, 1.165) is 0 Å². The number of ketones is 1. The normalized spacial score (nSPS) is 10.4. The highest BCUT2D eigenvalue weighted by Crippen LogP contribution is 2.15. The van der Waals surface area contributed by atoms with Gasteiger partial charge in [-0.2, -0.15) is 0 Å². The van der Waals surface area contributed by atoms with Crippen molar-refractivity contribution in [2.24, 2.45) is 0 Å². The Kier molecular flexibility index (Phi) is 6.29. The van der Waals surface area contributed by atoms with Crippen LogP contribution in [0.4, 0.5) is 16.0 Å². The number of rotatable bonds is 7. The predicted octanol–water partition coefficient (Wildman–Crippen LogP) is 3.84. The van der Waals surface area contributed by atoms with E-state index in [4.69, 9.17) is 0 Å². The van der Waals surface area contributed by atoms with Gasteiger partial charge in [0.25, 0.3) is 5.91 Å². The highest BCUT2D eigenvalue weighted by molar-refractivity contribution is 5.94. The summed E-state index contributed by atoms with van der Waals surface area (Å²) in [6.07, 6.45) is 0.385. The van der Waals surface area contributed by atoms with E-state index in [1.807, 2.05) is 0 Å². The van der Waals surface area contributed by atoms with Crippen LogP contribution in [0.25, 0.3) is 0 Å². The maximum Gasteiger partial charge on any atom is 0.270 e. The van der Waals surface area contributed by atoms with Gasteiger partial charge in [0.1, 0.15) is 11.5 Å². The number of aromatic nitrogens is 2. The summed E-state index contributed by atoms with van der Waals surface area (Å²) >= 11 is 0. The number of aryl methyl sites for hydroxylation is 1. The van der Waals surface area contributed by atoms with E-state index in [-0.39, 0.29) is 35.7 Å². The minimum Gasteiger partial charge on any atom is -0.350 e. The Morgan fingerprint density at radius 1 is 1.03 bits per heavy atom. The second-order valence-electron chi connectivity index (χ2n) is 6.57. The molecule has 0 saturated heterocycles. The van der Waals surface area contributed by atoms with Crippen LogP contribution in [0.1, 0.15) is 39.0 Å². The molecule has 0 aliphatic carbocycles. The molecule has 1 heterocycles. The standard InChI is InChI=1S/C22H21FN4O2/c1-14-13-20(21(29)24-12-11-17-5-3-4-6-19(17)23)27-22(25-14)26-18-9-7-16(8-10-18)15(2)28/h3-10,13H,11-12H2,1-2H3,(H,24,29)(H,25,26,27). The van der Waals surface area contributed by atoms with Gasteiger partial charge < -0.3 is 10.6 Å². The molecular weight excluding hydrogens is 371 g/mol. The van der Waals surface area contributed by atoms with Gasteiger partial charge in [0.05, 0.1) is 0 Å². The molecule has 1 aromatic heterocycles. The van der Waals surface area contributed by atoms with Crippen LogP contribution in [-0.2, 0) is 6.42 Å². The fourth-order valence-electron chi connectivity index (χ4n) is 2.76. The molecule has 148 valence electrons. The smallest absolute Gasteiger partial charge is 0.270 e. The van der Waals surface area contributed by atoms with Crippen LogP contribution >= 0.6 is 0 Å². The molecule has 3 aromatic rings. The number of Topliss-reactive ketones (excluding diaryl/α,β-unsaturated/α-hetero) is 1. The predicted molar refractivity (Wildman–Crippen MR) is 109 cm³/mol. The number of benzene rings is 2. The fraction of sp³-hybridized carbons (Fsp3) is 0.182. The Bertz CT molecular complexity index is 1040. The first-order valence-corrected chi connectivity index (χ1v) is 9.17. The van der Waals surface area contributed by atoms with E-state index < -0.39 is 0 Å². The number of carbonyl (C=O) groups is 2. The zero-order chi connectivity index (χ0) is 20.8. The average Bonchev–Trinajstić information content (AvgIpc) is 2.69. The molecule has 0 saturated carbocycles. The summed E-state index contributed by atoms with van der Waals surface area (Å²) in [7, 11) is 0. The summed E-state index contributed by atoms with van der Waals surface area (Å²) in [6, 6.07) is 15.0. The van der Waals surface area contributed by atoms with Crippen molar-refractivity contribution >= 4 is 23.3 Å². The Morgan fingerprint density at radius 3 is 2.45 bits per heavy atom. The number of carbonyl (C=O) groups excluding carboxylic acids is 2. The molecule has 0 aliphatic heterocycles. The zero-order valence-corrected chi connectivity index (χ0v) is 16.2. The molecule has 29 heavy (non-hydrogen) atoms. The first-order valence-electron chi connectivity index (χ1n) is 9.17. The Hall–Kier alpha value is -3.61. The lowest BCUT2D eigenvalue weighted by atomic mass is 10.1. The lowest BCUT2D eigenvalue weighted by Gasteiger charge is -2.09. The van der Waals surface area contributed by atoms with Gasteiger partial charge in [-0.25, -0.2) is 14.4 Å². The first-order chi connectivity index (χ1) is 13.9. The van der Waals surface area contributed by atoms with Crippen LogP contribution in [0, 0.1) is 12.7 Å². The minimum absolute atomic E-state index is 0.0160. The van der Waals surface area contributed by atoms with Gasteiger partial charge in [0, 0.05) is 23.5 Å². The van der Waals surface area contributed by atoms with Gasteiger partial charge in [-0.3, -0.25) is 9.59 Å². The van der Waals surface area contributed by atoms with Gasteiger partial charge in [-0.05, 0) is 62.2 Å². The molecule has 0 unspecified atom stereocenters. The molecule has 3 rings (SSSR count). The van der Waals surface area contributed by atoms with Crippen LogP contribution in [-0.4, -0.2) is 28.2 Å². The molecule has 1 amide bonds. The second-order valence-corrected chi connectivity index (χ2v) is 6.57. The van der Waals surface area contributed by atoms with Crippen molar-refractivity contribution in [3.8, 4) is 0 Å². The molecule has 2 N–H and O–H groups in total. The minimum atomic E-state index is -0.359. The summed E-state index contributed by atoms with van der Waals surface area (Å²) in [5, 5.41) is 5.78. The summed E-state index contributed by atoms with van der Waals surface area (Å²) < 4.78 is 13.7. The maximum atomic E-state index is 13.7. The van der Waals surface area contributed by atoms with Crippen molar-refractivity contribution in [3.63, 3.8) is 0 Å². The van der Waals surface area contributed by atoms with Crippen LogP contribution < -0.4 is 10.6 Å². The van der Waals surface area contributed by atoms with E-state index >= 15 is 0 Å². The molecular formula is C22H21FN4O2. The quantitative estimate of drug-likeness (QED) is 0.597. The second kappa shape index (κ2) is 9.05. The third kappa shape index (κ3) is 5.44. The maximum absolute atomic E-state index is 13.7. The van der Waals surface area contributed by atoms with Crippen LogP contribution in [0.15, 0.2) is 54.6 Å². The van der Waals surface area contributed by atoms with E-state index in [1.165, 1.54) is 13.0 Å². The van der Waals surface area contributed by atoms with Crippen molar-refractivity contribution in [2.75, 3.05) is 11.9 Å². The summed E-state index contributed by atoms with van der Waals surface area (Å²) in [4.78, 5) is 32.3. The molecule has 0 spiro atoms. The van der Waals surface area contributed by atoms with Crippen LogP contribution in [0.2, 0.25) is 0 Å². The molecule has 0 fully saturated rings. The Labute approximate surface area is 168 Å². The molecule has 6 nitrogen and oxygen atoms in total. The molecule has 0 bridgehead atoms. The first kappa shape index (κ1) is 20.1. The van der Waals surface area contributed by atoms with Crippen LogP contribution in [0.5, 0.6) is 0 Å². The van der Waals surface area contributed by atoms with Crippen molar-refractivity contribution in [1.29, 1.82) is 0 Å². The topological polar surface area (TPSA) is 84.0 Å². The van der Waals surface area contributed by atoms with E-state index in [0.29, 0.717) is 28.9 Å². The molecule has 2 aromatic carbocycles. The van der Waals surface area contributed by atoms with Gasteiger partial charge >= 0.3 is 0 Å². The average molecular weight is 392 g/mol. The number of anilines is 2. The molecule has 0 radical (unpaired) electrons. The number of nitrogens with one attached hydrogen (secondary N) is 2. The number of halogens is 1. The summed E-state index contributed by atoms with van der Waals surface area (Å²) in [6.45, 7) is 3.56. The van der Waals surface area contributed by atoms with Crippen molar-refractivity contribution in [1.82, 2.24) is 15.3 Å². The monoisotopic (exact) mass is 392 g/mol. The van der Waals surface area contributed by atoms with Crippen molar-refractivity contribution in [2.45, 2.75) is 20.3 Å². The van der Waals surface area contributed by atoms with Gasteiger partial charge in [-0.1, -0.05) is 18.2 Å². The van der Waals surface area contributed by atoms with E-state index in [1.54, 1.807) is 55.5 Å². The zero-order valence-electron chi connectivity index (χ0n) is 16.2. The summed E-state index contributed by atoms with van der Waals surface area (Å²) in [5.74, 6) is -0.388. The Morgan fingerprint density at radius 2 is 1.76 bits per heavy atom. The SMILES string of the molecule is CC(=O)c1ccc(Nc2nc(C)cc(C(=O)NCCc3ccccc3F)n2)cc1. The number of nitrogens with zero attached hydrogens (tertiary/aromatic N) is 2. The molecule has 0 aliphatic rings. The lowest BCUT2D eigenvalue weighted by molar-refractivity contribution is 0.0948. The number of amides is 1. The van der Waals surface area contributed by atoms with Crippen LogP contribution in [0.3, 0.4) is 0 Å². The molecule has 7 heteroatoms. The largest absolute Gasteiger partial charge is 0.350 e. The number of hydrogen-bond acceptors (Lipinski definition) is 5. The molecule has 0 atom stereocenters. The van der Waals surface area contributed by atoms with Gasteiger partial charge in [0.2, 0.25) is 5.95 Å². The van der Waals surface area contributed by atoms with E-state index in [2.05, 4.69) is 20.6 Å². The van der Waals surface area contributed by atoms with Gasteiger partial charge in [0.15, 0.2) is 5.78 Å². The van der Waals surface area contributed by atoms with Gasteiger partial charge in [-0.15, -0.1) is 0 Å². The Balaban J connectivity index is 1.65. The highest BCUT2D eigenvalue weighted by atomic mass is 19.1. The third-order valence-electron chi connectivity index (χ3n) is 4.27.